The van der Waals surface area contributed by atoms with Gasteiger partial charge in [0.05, 0.1) is 0 Å². The van der Waals surface area contributed by atoms with Crippen molar-refractivity contribution in [3.05, 3.63) is 83.4 Å². The van der Waals surface area contributed by atoms with Crippen LogP contribution in [0, 0.1) is 0 Å². The zero-order valence-electron chi connectivity index (χ0n) is 11.3. The smallest absolute Gasteiger partial charge is 0.185 e. The van der Waals surface area contributed by atoms with E-state index in [1.165, 1.54) is 11.1 Å². The Morgan fingerprint density at radius 3 is 2.30 bits per heavy atom. The maximum atomic E-state index is 11.9. The predicted octanol–water partition coefficient (Wildman–Crippen LogP) is 4.95. The Bertz CT molecular complexity index is 587. The molecule has 102 valence electrons. The molecular formula is C18H17BrO. The third-order valence-electron chi connectivity index (χ3n) is 3.17. The molecule has 0 bridgehead atoms. The van der Waals surface area contributed by atoms with E-state index in [-0.39, 0.29) is 5.78 Å². The van der Waals surface area contributed by atoms with Crippen LogP contribution < -0.4 is 0 Å². The number of benzene rings is 2. The van der Waals surface area contributed by atoms with Gasteiger partial charge in [0, 0.05) is 10.9 Å². The van der Waals surface area contributed by atoms with Crippen LogP contribution in [0.1, 0.15) is 27.9 Å². The average Bonchev–Trinajstić information content (AvgIpc) is 2.52. The molecule has 0 aromatic heterocycles. The van der Waals surface area contributed by atoms with Gasteiger partial charge in [-0.15, -0.1) is 0 Å². The molecule has 0 aliphatic carbocycles. The number of hydrogen-bond acceptors (Lipinski definition) is 1. The molecule has 2 heteroatoms. The van der Waals surface area contributed by atoms with Gasteiger partial charge < -0.3 is 0 Å². The summed E-state index contributed by atoms with van der Waals surface area (Å²) in [7, 11) is 0. The van der Waals surface area contributed by atoms with Gasteiger partial charge in [0.25, 0.3) is 0 Å². The second-order valence-electron chi connectivity index (χ2n) is 4.57. The van der Waals surface area contributed by atoms with Gasteiger partial charge in [-0.1, -0.05) is 76.6 Å². The third kappa shape index (κ3) is 4.17. The highest BCUT2D eigenvalue weighted by atomic mass is 79.9. The van der Waals surface area contributed by atoms with Crippen LogP contribution in [0.25, 0.3) is 0 Å². The van der Waals surface area contributed by atoms with Gasteiger partial charge in [-0.05, 0) is 30.0 Å². The molecule has 0 amide bonds. The highest BCUT2D eigenvalue weighted by molar-refractivity contribution is 9.08. The molecule has 0 aliphatic rings. The molecule has 0 fully saturated rings. The summed E-state index contributed by atoms with van der Waals surface area (Å²) < 4.78 is 0. The van der Waals surface area contributed by atoms with E-state index in [2.05, 4.69) is 40.2 Å². The number of rotatable bonds is 6. The summed E-state index contributed by atoms with van der Waals surface area (Å²) in [6.07, 6.45) is 5.47. The van der Waals surface area contributed by atoms with Crippen molar-refractivity contribution in [1.82, 2.24) is 0 Å². The zero-order valence-corrected chi connectivity index (χ0v) is 12.8. The van der Waals surface area contributed by atoms with E-state index in [9.17, 15) is 4.79 Å². The summed E-state index contributed by atoms with van der Waals surface area (Å²) >= 11 is 3.50. The Balaban J connectivity index is 1.90. The predicted molar refractivity (Wildman–Crippen MR) is 87.3 cm³/mol. The van der Waals surface area contributed by atoms with E-state index in [0.717, 1.165) is 23.7 Å². The second-order valence-corrected chi connectivity index (χ2v) is 5.13. The highest BCUT2D eigenvalue weighted by Crippen LogP contribution is 2.14. The number of carbonyl (C=O) groups is 1. The van der Waals surface area contributed by atoms with Crippen LogP contribution >= 0.6 is 15.9 Å². The van der Waals surface area contributed by atoms with Gasteiger partial charge in [-0.25, -0.2) is 0 Å². The molecule has 0 unspecified atom stereocenters. The SMILES string of the molecule is O=C(/C=C/CCc1ccccc1CBr)c1ccccc1. The molecule has 0 radical (unpaired) electrons. The van der Waals surface area contributed by atoms with Gasteiger partial charge in [0.2, 0.25) is 0 Å². The number of carbonyl (C=O) groups excluding carboxylic acids is 1. The largest absolute Gasteiger partial charge is 0.289 e. The topological polar surface area (TPSA) is 17.1 Å². The fourth-order valence-corrected chi connectivity index (χ4v) is 2.61. The van der Waals surface area contributed by atoms with E-state index < -0.39 is 0 Å². The summed E-state index contributed by atoms with van der Waals surface area (Å²) in [5, 5.41) is 0.871. The summed E-state index contributed by atoms with van der Waals surface area (Å²) in [6.45, 7) is 0. The minimum atomic E-state index is 0.0689. The Kier molecular flexibility index (Phi) is 5.75. The van der Waals surface area contributed by atoms with Crippen molar-refractivity contribution >= 4 is 21.7 Å². The third-order valence-corrected chi connectivity index (χ3v) is 3.77. The van der Waals surface area contributed by atoms with Crippen molar-refractivity contribution in [2.45, 2.75) is 18.2 Å². The lowest BCUT2D eigenvalue weighted by Crippen LogP contribution is -1.94. The van der Waals surface area contributed by atoms with Gasteiger partial charge in [0.15, 0.2) is 5.78 Å². The molecule has 0 heterocycles. The number of allylic oxidation sites excluding steroid dienone is 2. The Labute approximate surface area is 128 Å². The lowest BCUT2D eigenvalue weighted by Gasteiger charge is -2.04. The molecule has 1 nitrogen and oxygen atoms in total. The number of alkyl halides is 1. The van der Waals surface area contributed by atoms with Crippen molar-refractivity contribution in [3.8, 4) is 0 Å². The van der Waals surface area contributed by atoms with E-state index in [1.54, 1.807) is 6.08 Å². The van der Waals surface area contributed by atoms with Crippen LogP contribution in [0.4, 0.5) is 0 Å². The van der Waals surface area contributed by atoms with E-state index >= 15 is 0 Å². The van der Waals surface area contributed by atoms with E-state index in [1.807, 2.05) is 36.4 Å². The van der Waals surface area contributed by atoms with Crippen LogP contribution in [0.2, 0.25) is 0 Å². The minimum absolute atomic E-state index is 0.0689. The molecule has 0 saturated heterocycles. The fourth-order valence-electron chi connectivity index (χ4n) is 2.06. The number of hydrogen-bond donors (Lipinski definition) is 0. The number of ketones is 1. The Morgan fingerprint density at radius 2 is 1.60 bits per heavy atom. The number of halogens is 1. The van der Waals surface area contributed by atoms with Crippen LogP contribution in [0.15, 0.2) is 66.7 Å². The lowest BCUT2D eigenvalue weighted by atomic mass is 10.0. The maximum absolute atomic E-state index is 11.9. The first-order valence-corrected chi connectivity index (χ1v) is 7.82. The molecule has 0 aliphatic heterocycles. The average molecular weight is 329 g/mol. The van der Waals surface area contributed by atoms with Crippen molar-refractivity contribution in [1.29, 1.82) is 0 Å². The van der Waals surface area contributed by atoms with Crippen molar-refractivity contribution < 1.29 is 4.79 Å². The minimum Gasteiger partial charge on any atom is -0.289 e. The van der Waals surface area contributed by atoms with Crippen LogP contribution in [-0.4, -0.2) is 5.78 Å². The Hall–Kier alpha value is -1.67. The number of aryl methyl sites for hydroxylation is 1. The summed E-state index contributed by atoms with van der Waals surface area (Å²) in [4.78, 5) is 11.9. The van der Waals surface area contributed by atoms with Crippen molar-refractivity contribution in [2.24, 2.45) is 0 Å². The highest BCUT2D eigenvalue weighted by Gasteiger charge is 2.00. The first-order chi connectivity index (χ1) is 9.81. The lowest BCUT2D eigenvalue weighted by molar-refractivity contribution is 0.104. The standard InChI is InChI=1S/C18H17BrO/c19-14-17-12-5-4-8-15(17)9-6-7-13-18(20)16-10-2-1-3-11-16/h1-5,7-8,10-13H,6,9,14H2/b13-7+. The summed E-state index contributed by atoms with van der Waals surface area (Å²) in [6, 6.07) is 17.7. The quantitative estimate of drug-likeness (QED) is 0.416. The van der Waals surface area contributed by atoms with Crippen LogP contribution in [0.3, 0.4) is 0 Å². The van der Waals surface area contributed by atoms with Gasteiger partial charge >= 0.3 is 0 Å². The summed E-state index contributed by atoms with van der Waals surface area (Å²) in [5.74, 6) is 0.0689. The molecule has 2 aromatic rings. The molecule has 0 N–H and O–H groups in total. The van der Waals surface area contributed by atoms with Gasteiger partial charge in [-0.3, -0.25) is 4.79 Å². The molecular weight excluding hydrogens is 312 g/mol. The summed E-state index contributed by atoms with van der Waals surface area (Å²) in [5.41, 5.74) is 3.39. The molecule has 20 heavy (non-hydrogen) atoms. The van der Waals surface area contributed by atoms with Crippen LogP contribution in [0.5, 0.6) is 0 Å². The van der Waals surface area contributed by atoms with Crippen molar-refractivity contribution in [2.75, 3.05) is 0 Å². The molecule has 0 spiro atoms. The molecule has 0 saturated carbocycles. The second kappa shape index (κ2) is 7.81. The van der Waals surface area contributed by atoms with Crippen molar-refractivity contribution in [3.63, 3.8) is 0 Å². The first kappa shape index (κ1) is 14.7. The van der Waals surface area contributed by atoms with E-state index in [4.69, 9.17) is 0 Å². The first-order valence-electron chi connectivity index (χ1n) is 6.70. The molecule has 2 rings (SSSR count). The normalized spacial score (nSPS) is 10.8. The Morgan fingerprint density at radius 1 is 0.950 bits per heavy atom. The van der Waals surface area contributed by atoms with Gasteiger partial charge in [0.1, 0.15) is 0 Å². The van der Waals surface area contributed by atoms with Gasteiger partial charge in [-0.2, -0.15) is 0 Å². The van der Waals surface area contributed by atoms with E-state index in [0.29, 0.717) is 0 Å². The molecule has 2 aromatic carbocycles. The maximum Gasteiger partial charge on any atom is 0.185 e. The molecule has 0 atom stereocenters. The fraction of sp³-hybridized carbons (Fsp3) is 0.167. The monoisotopic (exact) mass is 328 g/mol. The van der Waals surface area contributed by atoms with Crippen LogP contribution in [-0.2, 0) is 11.8 Å². The zero-order chi connectivity index (χ0) is 14.2.